The lowest BCUT2D eigenvalue weighted by Crippen LogP contribution is -2.42. The highest BCUT2D eigenvalue weighted by atomic mass is 16.3. The Bertz CT molecular complexity index is 344. The molecule has 1 N–H and O–H groups in total. The highest BCUT2D eigenvalue weighted by Crippen LogP contribution is 2.19. The molecule has 0 amide bonds. The number of aromatic nitrogens is 1. The van der Waals surface area contributed by atoms with Crippen molar-refractivity contribution in [3.8, 4) is 0 Å². The number of pyridine rings is 1. The molecule has 0 spiro atoms. The summed E-state index contributed by atoms with van der Waals surface area (Å²) in [4.78, 5) is 9.02. The molecule has 94 valence electrons. The van der Waals surface area contributed by atoms with Gasteiger partial charge in [-0.15, -0.1) is 0 Å². The zero-order valence-corrected chi connectivity index (χ0v) is 10.6. The van der Waals surface area contributed by atoms with Crippen molar-refractivity contribution in [1.29, 1.82) is 0 Å². The Morgan fingerprint density at radius 3 is 2.65 bits per heavy atom. The van der Waals surface area contributed by atoms with Crippen LogP contribution in [-0.4, -0.2) is 48.2 Å². The fraction of sp³-hybridized carbons (Fsp3) is 0.615. The monoisotopic (exact) mass is 235 g/mol. The largest absolute Gasteiger partial charge is 0.392 e. The number of aliphatic hydroxyl groups is 1. The normalized spacial score (nSPS) is 18.3. The van der Waals surface area contributed by atoms with E-state index in [2.05, 4.69) is 28.9 Å². The average molecular weight is 235 g/mol. The van der Waals surface area contributed by atoms with Crippen LogP contribution in [0.3, 0.4) is 0 Å². The van der Waals surface area contributed by atoms with Gasteiger partial charge in [0.2, 0.25) is 0 Å². The molecule has 17 heavy (non-hydrogen) atoms. The van der Waals surface area contributed by atoms with Crippen molar-refractivity contribution in [2.24, 2.45) is 0 Å². The van der Waals surface area contributed by atoms with Gasteiger partial charge in [0.1, 0.15) is 5.82 Å². The maximum atomic E-state index is 8.99. The van der Waals surface area contributed by atoms with Crippen molar-refractivity contribution in [3.05, 3.63) is 23.9 Å². The van der Waals surface area contributed by atoms with Gasteiger partial charge in [-0.3, -0.25) is 0 Å². The van der Waals surface area contributed by atoms with E-state index < -0.39 is 0 Å². The minimum Gasteiger partial charge on any atom is -0.392 e. The molecular weight excluding hydrogens is 214 g/mol. The van der Waals surface area contributed by atoms with Crippen molar-refractivity contribution in [1.82, 2.24) is 9.88 Å². The molecule has 0 aromatic carbocycles. The fourth-order valence-corrected chi connectivity index (χ4v) is 2.29. The first-order valence-electron chi connectivity index (χ1n) is 6.18. The zero-order valence-electron chi connectivity index (χ0n) is 10.6. The van der Waals surface area contributed by atoms with Crippen LogP contribution >= 0.6 is 0 Å². The van der Waals surface area contributed by atoms with E-state index >= 15 is 0 Å². The third-order valence-corrected chi connectivity index (χ3v) is 3.59. The predicted octanol–water partition coefficient (Wildman–Crippen LogP) is 1.10. The number of hydrogen-bond donors (Lipinski definition) is 1. The van der Waals surface area contributed by atoms with Gasteiger partial charge in [0, 0.05) is 19.3 Å². The van der Waals surface area contributed by atoms with Gasteiger partial charge in [0.05, 0.1) is 6.61 Å². The lowest BCUT2D eigenvalue weighted by Gasteiger charge is -2.35. The number of rotatable bonds is 3. The van der Waals surface area contributed by atoms with E-state index in [1.165, 1.54) is 12.8 Å². The summed E-state index contributed by atoms with van der Waals surface area (Å²) < 4.78 is 0. The van der Waals surface area contributed by atoms with Gasteiger partial charge in [0.15, 0.2) is 0 Å². The number of likely N-dealkylation sites (tertiary alicyclic amines) is 1. The first-order chi connectivity index (χ1) is 8.20. The summed E-state index contributed by atoms with van der Waals surface area (Å²) in [5.41, 5.74) is 0.866. The summed E-state index contributed by atoms with van der Waals surface area (Å²) in [5, 5.41) is 8.99. The molecule has 0 unspecified atom stereocenters. The van der Waals surface area contributed by atoms with Crippen molar-refractivity contribution < 1.29 is 5.11 Å². The van der Waals surface area contributed by atoms with E-state index in [-0.39, 0.29) is 6.61 Å². The molecule has 0 bridgehead atoms. The fourth-order valence-electron chi connectivity index (χ4n) is 2.29. The van der Waals surface area contributed by atoms with Gasteiger partial charge in [-0.25, -0.2) is 4.98 Å². The van der Waals surface area contributed by atoms with Crippen molar-refractivity contribution in [3.63, 3.8) is 0 Å². The van der Waals surface area contributed by atoms with E-state index in [4.69, 9.17) is 5.11 Å². The third-order valence-electron chi connectivity index (χ3n) is 3.59. The van der Waals surface area contributed by atoms with Gasteiger partial charge < -0.3 is 14.9 Å². The van der Waals surface area contributed by atoms with E-state index in [1.807, 2.05) is 12.1 Å². The second-order valence-electron chi connectivity index (χ2n) is 4.83. The highest BCUT2D eigenvalue weighted by molar-refractivity contribution is 5.39. The molecule has 1 saturated heterocycles. The lowest BCUT2D eigenvalue weighted by molar-refractivity contribution is 0.252. The van der Waals surface area contributed by atoms with Gasteiger partial charge in [-0.2, -0.15) is 0 Å². The average Bonchev–Trinajstić information content (AvgIpc) is 2.39. The topological polar surface area (TPSA) is 39.6 Å². The Kier molecular flexibility index (Phi) is 3.97. The van der Waals surface area contributed by atoms with E-state index in [9.17, 15) is 0 Å². The van der Waals surface area contributed by atoms with Crippen LogP contribution in [0.5, 0.6) is 0 Å². The standard InChI is InChI=1S/C13H21N3O/c1-15-7-5-12(6-8-15)16(2)13-4-3-11(10-17)9-14-13/h3-4,9,12,17H,5-8,10H2,1-2H3. The second-order valence-corrected chi connectivity index (χ2v) is 4.83. The summed E-state index contributed by atoms with van der Waals surface area (Å²) in [6, 6.07) is 4.51. The van der Waals surface area contributed by atoms with Crippen molar-refractivity contribution >= 4 is 5.82 Å². The number of aliphatic hydroxyl groups excluding tert-OH is 1. The van der Waals surface area contributed by atoms with Crippen LogP contribution in [0.2, 0.25) is 0 Å². The SMILES string of the molecule is CN1CCC(N(C)c2ccc(CO)cn2)CC1. The quantitative estimate of drug-likeness (QED) is 0.852. The molecule has 0 aliphatic carbocycles. The molecule has 1 aromatic rings. The molecule has 0 saturated carbocycles. The summed E-state index contributed by atoms with van der Waals surface area (Å²) in [7, 11) is 4.28. The van der Waals surface area contributed by atoms with Crippen molar-refractivity contribution in [2.75, 3.05) is 32.1 Å². The third kappa shape index (κ3) is 2.96. The summed E-state index contributed by atoms with van der Waals surface area (Å²) >= 11 is 0. The maximum absolute atomic E-state index is 8.99. The predicted molar refractivity (Wildman–Crippen MR) is 69.1 cm³/mol. The van der Waals surface area contributed by atoms with E-state index in [0.29, 0.717) is 6.04 Å². The number of nitrogens with zero attached hydrogens (tertiary/aromatic N) is 3. The number of hydrogen-bond acceptors (Lipinski definition) is 4. The number of piperidine rings is 1. The van der Waals surface area contributed by atoms with Crippen LogP contribution in [-0.2, 0) is 6.61 Å². The molecule has 2 rings (SSSR count). The van der Waals surface area contributed by atoms with E-state index in [1.54, 1.807) is 6.20 Å². The van der Waals surface area contributed by atoms with E-state index in [0.717, 1.165) is 24.5 Å². The molecule has 4 heteroatoms. The van der Waals surface area contributed by atoms with Crippen LogP contribution in [0.4, 0.5) is 5.82 Å². The van der Waals surface area contributed by atoms with Crippen LogP contribution < -0.4 is 4.90 Å². The van der Waals surface area contributed by atoms with Gasteiger partial charge in [-0.1, -0.05) is 6.07 Å². The Morgan fingerprint density at radius 1 is 1.41 bits per heavy atom. The second kappa shape index (κ2) is 5.47. The molecule has 1 fully saturated rings. The van der Waals surface area contributed by atoms with Crippen LogP contribution in [0.15, 0.2) is 18.3 Å². The summed E-state index contributed by atoms with van der Waals surface area (Å²) in [5.74, 6) is 0.997. The van der Waals surface area contributed by atoms with Crippen LogP contribution in [0.25, 0.3) is 0 Å². The van der Waals surface area contributed by atoms with Crippen LogP contribution in [0, 0.1) is 0 Å². The van der Waals surface area contributed by atoms with Gasteiger partial charge >= 0.3 is 0 Å². The Balaban J connectivity index is 2.00. The molecule has 2 heterocycles. The molecule has 0 radical (unpaired) electrons. The molecule has 4 nitrogen and oxygen atoms in total. The summed E-state index contributed by atoms with van der Waals surface area (Å²) in [6.45, 7) is 2.37. The Labute approximate surface area is 103 Å². The van der Waals surface area contributed by atoms with Gasteiger partial charge in [0.25, 0.3) is 0 Å². The maximum Gasteiger partial charge on any atom is 0.128 e. The summed E-state index contributed by atoms with van der Waals surface area (Å²) in [6.07, 6.45) is 4.13. The molecule has 1 aromatic heterocycles. The first-order valence-corrected chi connectivity index (χ1v) is 6.18. The highest BCUT2D eigenvalue weighted by Gasteiger charge is 2.21. The Morgan fingerprint density at radius 2 is 2.12 bits per heavy atom. The molecular formula is C13H21N3O. The van der Waals surface area contributed by atoms with Crippen LogP contribution in [0.1, 0.15) is 18.4 Å². The number of anilines is 1. The molecule has 1 aliphatic rings. The molecule has 0 atom stereocenters. The minimum atomic E-state index is 0.0607. The lowest BCUT2D eigenvalue weighted by atomic mass is 10.0. The Hall–Kier alpha value is -1.13. The zero-order chi connectivity index (χ0) is 12.3. The smallest absolute Gasteiger partial charge is 0.128 e. The minimum absolute atomic E-state index is 0.0607. The van der Waals surface area contributed by atoms with Gasteiger partial charge in [-0.05, 0) is 44.6 Å². The molecule has 1 aliphatic heterocycles. The van der Waals surface area contributed by atoms with Crippen molar-refractivity contribution in [2.45, 2.75) is 25.5 Å². The first kappa shape index (κ1) is 12.3.